The summed E-state index contributed by atoms with van der Waals surface area (Å²) in [6, 6.07) is 25.4. The Balaban J connectivity index is 1.63. The Labute approximate surface area is 169 Å². The quantitative estimate of drug-likeness (QED) is 0.537. The van der Waals surface area contributed by atoms with E-state index in [1.165, 1.54) is 0 Å². The number of pyridine rings is 2. The Morgan fingerprint density at radius 1 is 0.897 bits per heavy atom. The number of rotatable bonds is 5. The van der Waals surface area contributed by atoms with Gasteiger partial charge in [-0.3, -0.25) is 4.98 Å². The second-order valence-electron chi connectivity index (χ2n) is 6.46. The number of nitrogen functional groups attached to an aromatic ring is 1. The maximum absolute atomic E-state index is 9.58. The normalized spacial score (nSPS) is 10.3. The third-order valence-electron chi connectivity index (χ3n) is 4.55. The first-order valence-corrected chi connectivity index (χ1v) is 9.13. The van der Waals surface area contributed by atoms with Crippen LogP contribution in [-0.4, -0.2) is 9.97 Å². The maximum Gasteiger partial charge on any atom is 0.142 e. The van der Waals surface area contributed by atoms with Crippen molar-refractivity contribution in [2.75, 3.05) is 5.73 Å². The van der Waals surface area contributed by atoms with Crippen LogP contribution >= 0.6 is 0 Å². The molecule has 0 bridgehead atoms. The van der Waals surface area contributed by atoms with Crippen molar-refractivity contribution in [3.8, 4) is 34.2 Å². The van der Waals surface area contributed by atoms with Crippen molar-refractivity contribution in [1.82, 2.24) is 9.97 Å². The van der Waals surface area contributed by atoms with E-state index in [2.05, 4.69) is 16.0 Å². The summed E-state index contributed by atoms with van der Waals surface area (Å²) in [4.78, 5) is 8.42. The number of aromatic nitrogens is 2. The van der Waals surface area contributed by atoms with Gasteiger partial charge < -0.3 is 10.5 Å². The van der Waals surface area contributed by atoms with Crippen LogP contribution in [0.3, 0.4) is 0 Å². The lowest BCUT2D eigenvalue weighted by Crippen LogP contribution is -2.00. The summed E-state index contributed by atoms with van der Waals surface area (Å²) in [5, 5.41) is 9.58. The van der Waals surface area contributed by atoms with Gasteiger partial charge >= 0.3 is 0 Å². The molecular weight excluding hydrogens is 360 g/mol. The van der Waals surface area contributed by atoms with Crippen LogP contribution in [0.5, 0.6) is 5.75 Å². The molecule has 0 unspecified atom stereocenters. The van der Waals surface area contributed by atoms with Crippen molar-refractivity contribution in [1.29, 1.82) is 5.26 Å². The van der Waals surface area contributed by atoms with Crippen LogP contribution in [0.4, 0.5) is 5.82 Å². The molecule has 4 rings (SSSR count). The molecule has 0 aliphatic carbocycles. The van der Waals surface area contributed by atoms with E-state index in [0.29, 0.717) is 17.9 Å². The Hall–Kier alpha value is -4.17. The molecule has 5 heteroatoms. The molecule has 0 aliphatic heterocycles. The smallest absolute Gasteiger partial charge is 0.142 e. The first-order chi connectivity index (χ1) is 14.2. The van der Waals surface area contributed by atoms with Crippen molar-refractivity contribution in [2.45, 2.75) is 6.61 Å². The summed E-state index contributed by atoms with van der Waals surface area (Å²) in [6.07, 6.45) is 3.40. The zero-order chi connectivity index (χ0) is 20.1. The van der Waals surface area contributed by atoms with Gasteiger partial charge in [-0.05, 0) is 41.5 Å². The third kappa shape index (κ3) is 4.07. The molecule has 2 aromatic heterocycles. The van der Waals surface area contributed by atoms with E-state index in [0.717, 1.165) is 28.0 Å². The summed E-state index contributed by atoms with van der Waals surface area (Å²) in [7, 11) is 0. The fourth-order valence-corrected chi connectivity index (χ4v) is 3.05. The number of ether oxygens (including phenoxy) is 1. The van der Waals surface area contributed by atoms with E-state index in [1.54, 1.807) is 12.4 Å². The predicted octanol–water partition coefficient (Wildman–Crippen LogP) is 4.84. The molecule has 0 aliphatic rings. The van der Waals surface area contributed by atoms with Gasteiger partial charge in [0, 0.05) is 23.5 Å². The van der Waals surface area contributed by atoms with Gasteiger partial charge in [0.2, 0.25) is 0 Å². The zero-order valence-corrected chi connectivity index (χ0v) is 15.6. The zero-order valence-electron chi connectivity index (χ0n) is 15.6. The molecule has 5 nitrogen and oxygen atoms in total. The van der Waals surface area contributed by atoms with E-state index < -0.39 is 0 Å². The third-order valence-corrected chi connectivity index (χ3v) is 4.55. The number of nitrogens with two attached hydrogens (primary N) is 1. The Morgan fingerprint density at radius 2 is 1.62 bits per heavy atom. The van der Waals surface area contributed by atoms with Gasteiger partial charge in [0.05, 0.1) is 5.69 Å². The Kier molecular flexibility index (Phi) is 5.17. The van der Waals surface area contributed by atoms with Gasteiger partial charge in [-0.15, -0.1) is 0 Å². The molecule has 140 valence electrons. The second kappa shape index (κ2) is 8.24. The number of nitrogens with zero attached hydrogens (tertiary/aromatic N) is 3. The largest absolute Gasteiger partial charge is 0.489 e. The molecule has 2 heterocycles. The number of hydrogen-bond donors (Lipinski definition) is 1. The van der Waals surface area contributed by atoms with Crippen LogP contribution < -0.4 is 10.5 Å². The van der Waals surface area contributed by atoms with Crippen molar-refractivity contribution < 1.29 is 4.74 Å². The molecule has 0 radical (unpaired) electrons. The van der Waals surface area contributed by atoms with Crippen molar-refractivity contribution in [2.24, 2.45) is 0 Å². The highest BCUT2D eigenvalue weighted by atomic mass is 16.5. The van der Waals surface area contributed by atoms with E-state index in [4.69, 9.17) is 10.5 Å². The van der Waals surface area contributed by atoms with Crippen LogP contribution in [0, 0.1) is 11.3 Å². The first kappa shape index (κ1) is 18.2. The molecule has 4 aromatic rings. The van der Waals surface area contributed by atoms with Gasteiger partial charge in [0.15, 0.2) is 0 Å². The molecular formula is C24H18N4O. The van der Waals surface area contributed by atoms with Crippen LogP contribution in [0.1, 0.15) is 11.1 Å². The summed E-state index contributed by atoms with van der Waals surface area (Å²) in [6.45, 7) is 0.498. The number of anilines is 1. The molecule has 0 fully saturated rings. The van der Waals surface area contributed by atoms with Gasteiger partial charge in [-0.25, -0.2) is 4.98 Å². The lowest BCUT2D eigenvalue weighted by atomic mass is 9.98. The summed E-state index contributed by atoms with van der Waals surface area (Å²) in [5.41, 5.74) is 10.7. The van der Waals surface area contributed by atoms with Gasteiger partial charge in [0.1, 0.15) is 29.8 Å². The molecule has 0 atom stereocenters. The minimum absolute atomic E-state index is 0.209. The summed E-state index contributed by atoms with van der Waals surface area (Å²) >= 11 is 0. The average molecular weight is 378 g/mol. The fraction of sp³-hybridized carbons (Fsp3) is 0.0417. The second-order valence-corrected chi connectivity index (χ2v) is 6.46. The summed E-state index contributed by atoms with van der Waals surface area (Å²) in [5.74, 6) is 0.966. The molecule has 2 aromatic carbocycles. The lowest BCUT2D eigenvalue weighted by molar-refractivity contribution is 0.306. The minimum atomic E-state index is 0.209. The van der Waals surface area contributed by atoms with E-state index in [-0.39, 0.29) is 5.82 Å². The van der Waals surface area contributed by atoms with Gasteiger partial charge in [0.25, 0.3) is 0 Å². The van der Waals surface area contributed by atoms with E-state index >= 15 is 0 Å². The molecule has 29 heavy (non-hydrogen) atoms. The van der Waals surface area contributed by atoms with Crippen LogP contribution in [0.15, 0.2) is 85.2 Å². The minimum Gasteiger partial charge on any atom is -0.489 e. The SMILES string of the molecule is N#Cc1c(-c2ccc(OCc3ccccc3)cc2)cc(-c2ccncc2)nc1N. The van der Waals surface area contributed by atoms with Crippen molar-refractivity contribution >= 4 is 5.82 Å². The molecule has 0 saturated carbocycles. The number of hydrogen-bond acceptors (Lipinski definition) is 5. The fourth-order valence-electron chi connectivity index (χ4n) is 3.05. The highest BCUT2D eigenvalue weighted by Crippen LogP contribution is 2.32. The molecule has 0 saturated heterocycles. The average Bonchev–Trinajstić information content (AvgIpc) is 2.79. The monoisotopic (exact) mass is 378 g/mol. The van der Waals surface area contributed by atoms with Gasteiger partial charge in [-0.2, -0.15) is 5.26 Å². The lowest BCUT2D eigenvalue weighted by Gasteiger charge is -2.11. The van der Waals surface area contributed by atoms with Crippen LogP contribution in [0.2, 0.25) is 0 Å². The van der Waals surface area contributed by atoms with Crippen LogP contribution in [0.25, 0.3) is 22.4 Å². The van der Waals surface area contributed by atoms with E-state index in [9.17, 15) is 5.26 Å². The first-order valence-electron chi connectivity index (χ1n) is 9.13. The Bertz CT molecular complexity index is 1150. The topological polar surface area (TPSA) is 84.8 Å². The van der Waals surface area contributed by atoms with Crippen LogP contribution in [-0.2, 0) is 6.61 Å². The number of nitriles is 1. The highest BCUT2D eigenvalue weighted by molar-refractivity contribution is 5.80. The van der Waals surface area contributed by atoms with Crippen molar-refractivity contribution in [3.05, 3.63) is 96.3 Å². The molecule has 2 N–H and O–H groups in total. The van der Waals surface area contributed by atoms with Gasteiger partial charge in [-0.1, -0.05) is 42.5 Å². The molecule has 0 spiro atoms. The molecule has 0 amide bonds. The van der Waals surface area contributed by atoms with Crippen molar-refractivity contribution in [3.63, 3.8) is 0 Å². The summed E-state index contributed by atoms with van der Waals surface area (Å²) < 4.78 is 5.85. The highest BCUT2D eigenvalue weighted by Gasteiger charge is 2.13. The predicted molar refractivity (Wildman–Crippen MR) is 113 cm³/mol. The standard InChI is InChI=1S/C24H18N4O/c25-15-22-21(14-23(28-24(22)26)19-10-12-27-13-11-19)18-6-8-20(9-7-18)29-16-17-4-2-1-3-5-17/h1-14H,16H2,(H2,26,28). The maximum atomic E-state index is 9.58. The van der Waals surface area contributed by atoms with E-state index in [1.807, 2.05) is 72.8 Å². The number of benzene rings is 2. The Morgan fingerprint density at radius 3 is 2.31 bits per heavy atom.